The van der Waals surface area contributed by atoms with Crippen molar-refractivity contribution in [1.82, 2.24) is 10.6 Å². The summed E-state index contributed by atoms with van der Waals surface area (Å²) in [6.07, 6.45) is 1.61. The van der Waals surface area contributed by atoms with E-state index in [9.17, 15) is 9.18 Å². The zero-order valence-corrected chi connectivity index (χ0v) is 8.40. The summed E-state index contributed by atoms with van der Waals surface area (Å²) in [7, 11) is 0. The maximum absolute atomic E-state index is 12.6. The quantitative estimate of drug-likeness (QED) is 0.553. The van der Waals surface area contributed by atoms with Gasteiger partial charge in [-0.25, -0.2) is 4.39 Å². The van der Waals surface area contributed by atoms with E-state index in [1.54, 1.807) is 18.2 Å². The van der Waals surface area contributed by atoms with Gasteiger partial charge in [-0.1, -0.05) is 12.1 Å². The van der Waals surface area contributed by atoms with E-state index in [-0.39, 0.29) is 16.8 Å². The van der Waals surface area contributed by atoms with Gasteiger partial charge in [-0.2, -0.15) is 0 Å². The number of carbonyl (C=O) groups excluding carboxylic acids is 1. The highest BCUT2D eigenvalue weighted by Crippen LogP contribution is 2.09. The summed E-state index contributed by atoms with van der Waals surface area (Å²) < 4.78 is 12.6. The molecule has 15 heavy (non-hydrogen) atoms. The molecule has 0 atom stereocenters. The van der Waals surface area contributed by atoms with Crippen LogP contribution in [0.15, 0.2) is 30.0 Å². The summed E-state index contributed by atoms with van der Waals surface area (Å²) in [6.45, 7) is 0. The second-order valence-electron chi connectivity index (χ2n) is 3.02. The van der Waals surface area contributed by atoms with Crippen LogP contribution in [0.2, 0.25) is 0 Å². The summed E-state index contributed by atoms with van der Waals surface area (Å²) in [4.78, 5) is 11.3. The van der Waals surface area contributed by atoms with Gasteiger partial charge in [-0.05, 0) is 36.0 Å². The van der Waals surface area contributed by atoms with E-state index in [2.05, 4.69) is 10.6 Å². The van der Waals surface area contributed by atoms with Gasteiger partial charge in [0.2, 0.25) is 0 Å². The molecule has 0 spiro atoms. The van der Waals surface area contributed by atoms with Crippen molar-refractivity contribution in [3.05, 3.63) is 41.3 Å². The molecular formula is C10H7FN2OS. The van der Waals surface area contributed by atoms with Crippen LogP contribution < -0.4 is 10.6 Å². The van der Waals surface area contributed by atoms with Crippen molar-refractivity contribution in [2.24, 2.45) is 0 Å². The van der Waals surface area contributed by atoms with Crippen molar-refractivity contribution in [2.75, 3.05) is 0 Å². The Morgan fingerprint density at radius 3 is 2.40 bits per heavy atom. The number of carbonyl (C=O) groups is 1. The number of hydrogen-bond donors (Lipinski definition) is 2. The normalized spacial score (nSPS) is 17.8. The van der Waals surface area contributed by atoms with E-state index in [0.717, 1.165) is 5.56 Å². The van der Waals surface area contributed by atoms with Gasteiger partial charge in [0.1, 0.15) is 11.5 Å². The average molecular weight is 222 g/mol. The topological polar surface area (TPSA) is 41.1 Å². The van der Waals surface area contributed by atoms with Crippen molar-refractivity contribution in [3.63, 3.8) is 0 Å². The van der Waals surface area contributed by atoms with Gasteiger partial charge < -0.3 is 5.32 Å². The fourth-order valence-electron chi connectivity index (χ4n) is 1.21. The van der Waals surface area contributed by atoms with E-state index >= 15 is 0 Å². The van der Waals surface area contributed by atoms with Crippen molar-refractivity contribution < 1.29 is 9.18 Å². The Bertz CT molecular complexity index is 453. The molecule has 3 nitrogen and oxygen atoms in total. The number of rotatable bonds is 1. The summed E-state index contributed by atoms with van der Waals surface area (Å²) in [5.74, 6) is -0.583. The molecule has 0 aliphatic carbocycles. The lowest BCUT2D eigenvalue weighted by molar-refractivity contribution is -0.115. The molecule has 0 bridgehead atoms. The minimum absolute atomic E-state index is 0.274. The number of halogens is 1. The minimum atomic E-state index is -0.309. The first kappa shape index (κ1) is 9.79. The Balaban J connectivity index is 2.27. The summed E-state index contributed by atoms with van der Waals surface area (Å²) >= 11 is 4.77. The van der Waals surface area contributed by atoms with Crippen LogP contribution in [0.1, 0.15) is 5.56 Å². The zero-order valence-electron chi connectivity index (χ0n) is 7.58. The molecule has 1 aliphatic heterocycles. The fraction of sp³-hybridized carbons (Fsp3) is 0. The molecule has 1 fully saturated rings. The van der Waals surface area contributed by atoms with Gasteiger partial charge in [0.15, 0.2) is 5.11 Å². The third-order valence-electron chi connectivity index (χ3n) is 1.90. The molecule has 2 N–H and O–H groups in total. The van der Waals surface area contributed by atoms with E-state index in [1.807, 2.05) is 0 Å². The molecule has 2 rings (SSSR count). The van der Waals surface area contributed by atoms with Crippen molar-refractivity contribution in [3.8, 4) is 0 Å². The lowest BCUT2D eigenvalue weighted by Gasteiger charge is -1.95. The fourth-order valence-corrected chi connectivity index (χ4v) is 1.41. The maximum atomic E-state index is 12.6. The number of amides is 1. The molecule has 76 valence electrons. The highest BCUT2D eigenvalue weighted by Gasteiger charge is 2.19. The van der Waals surface area contributed by atoms with Crippen LogP contribution in [0.25, 0.3) is 6.08 Å². The number of hydrogen-bond acceptors (Lipinski definition) is 2. The first-order valence-electron chi connectivity index (χ1n) is 4.25. The predicted octanol–water partition coefficient (Wildman–Crippen LogP) is 1.17. The maximum Gasteiger partial charge on any atom is 0.273 e. The van der Waals surface area contributed by atoms with Gasteiger partial charge in [0.25, 0.3) is 5.91 Å². The van der Waals surface area contributed by atoms with Crippen molar-refractivity contribution in [2.45, 2.75) is 0 Å². The Labute approximate surface area is 91.0 Å². The molecule has 1 aliphatic rings. The van der Waals surface area contributed by atoms with E-state index in [0.29, 0.717) is 5.70 Å². The number of benzene rings is 1. The molecule has 1 aromatic carbocycles. The monoisotopic (exact) mass is 222 g/mol. The standard InChI is InChI=1S/C10H7FN2OS/c11-7-3-1-6(2-4-7)5-8-9(14)13-10(15)12-8/h1-5H,(H2,12,13,14,15)/b8-5+. The van der Waals surface area contributed by atoms with Gasteiger partial charge in [-0.3, -0.25) is 10.1 Å². The third kappa shape index (κ3) is 2.19. The lowest BCUT2D eigenvalue weighted by Crippen LogP contribution is -2.21. The van der Waals surface area contributed by atoms with E-state index < -0.39 is 0 Å². The van der Waals surface area contributed by atoms with Crippen LogP contribution >= 0.6 is 12.2 Å². The SMILES string of the molecule is O=C1NC(=S)N/C1=C/c1ccc(F)cc1. The van der Waals surface area contributed by atoms with Crippen LogP contribution in [0, 0.1) is 5.82 Å². The number of nitrogens with one attached hydrogen (secondary N) is 2. The third-order valence-corrected chi connectivity index (χ3v) is 2.11. The smallest absolute Gasteiger partial charge is 0.273 e. The van der Waals surface area contributed by atoms with Crippen LogP contribution in [0.4, 0.5) is 4.39 Å². The molecule has 5 heteroatoms. The van der Waals surface area contributed by atoms with Crippen LogP contribution in [-0.2, 0) is 4.79 Å². The molecule has 0 aromatic heterocycles. The van der Waals surface area contributed by atoms with Gasteiger partial charge in [-0.15, -0.1) is 0 Å². The molecule has 1 heterocycles. The molecule has 0 unspecified atom stereocenters. The second kappa shape index (κ2) is 3.78. The van der Waals surface area contributed by atoms with Gasteiger partial charge in [0.05, 0.1) is 0 Å². The highest BCUT2D eigenvalue weighted by molar-refractivity contribution is 7.80. The van der Waals surface area contributed by atoms with Crippen LogP contribution in [0.5, 0.6) is 0 Å². The summed E-state index contributed by atoms with van der Waals surface area (Å²) in [6, 6.07) is 5.83. The largest absolute Gasteiger partial charge is 0.328 e. The molecule has 1 amide bonds. The molecule has 0 radical (unpaired) electrons. The molecular weight excluding hydrogens is 215 g/mol. The molecule has 0 saturated carbocycles. The van der Waals surface area contributed by atoms with Crippen molar-refractivity contribution in [1.29, 1.82) is 0 Å². The van der Waals surface area contributed by atoms with Gasteiger partial charge in [0, 0.05) is 0 Å². The minimum Gasteiger partial charge on any atom is -0.328 e. The van der Waals surface area contributed by atoms with E-state index in [1.165, 1.54) is 12.1 Å². The zero-order chi connectivity index (χ0) is 10.8. The first-order valence-corrected chi connectivity index (χ1v) is 4.65. The lowest BCUT2D eigenvalue weighted by atomic mass is 10.2. The molecule has 1 aromatic rings. The van der Waals surface area contributed by atoms with Crippen LogP contribution in [0.3, 0.4) is 0 Å². The predicted molar refractivity (Wildman–Crippen MR) is 58.3 cm³/mol. The first-order chi connectivity index (χ1) is 7.15. The molecule has 1 saturated heterocycles. The Kier molecular flexibility index (Phi) is 2.47. The Morgan fingerprint density at radius 2 is 1.87 bits per heavy atom. The summed E-state index contributed by atoms with van der Waals surface area (Å²) in [5.41, 5.74) is 1.10. The Morgan fingerprint density at radius 1 is 1.20 bits per heavy atom. The van der Waals surface area contributed by atoms with Crippen LogP contribution in [-0.4, -0.2) is 11.0 Å². The number of thiocarbonyl (C=S) groups is 1. The average Bonchev–Trinajstić information content (AvgIpc) is 2.49. The highest BCUT2D eigenvalue weighted by atomic mass is 32.1. The van der Waals surface area contributed by atoms with Gasteiger partial charge >= 0.3 is 0 Å². The Hall–Kier alpha value is -1.75. The second-order valence-corrected chi connectivity index (χ2v) is 3.43. The van der Waals surface area contributed by atoms with Crippen molar-refractivity contribution >= 4 is 29.3 Å². The summed E-state index contributed by atoms with van der Waals surface area (Å²) in [5, 5.41) is 5.43. The van der Waals surface area contributed by atoms with E-state index in [4.69, 9.17) is 12.2 Å².